The number of hydrogen-bond donors (Lipinski definition) is 0. The predicted octanol–water partition coefficient (Wildman–Crippen LogP) is 3.85. The minimum Gasteiger partial charge on any atom is -0.493 e. The molecule has 0 saturated carbocycles. The first-order chi connectivity index (χ1) is 11.7. The quantitative estimate of drug-likeness (QED) is 0.669. The molecule has 2 heterocycles. The topological polar surface area (TPSA) is 45.5 Å². The Morgan fingerprint density at radius 2 is 1.92 bits per heavy atom. The van der Waals surface area contributed by atoms with Gasteiger partial charge in [-0.15, -0.1) is 0 Å². The number of imidazole rings is 1. The van der Waals surface area contributed by atoms with Gasteiger partial charge in [0.15, 0.2) is 11.5 Å². The molecule has 24 heavy (non-hydrogen) atoms. The van der Waals surface area contributed by atoms with Crippen molar-refractivity contribution in [2.24, 2.45) is 0 Å². The van der Waals surface area contributed by atoms with Crippen molar-refractivity contribution in [2.45, 2.75) is 26.8 Å². The number of benzene rings is 2. The lowest BCUT2D eigenvalue weighted by Gasteiger charge is -2.08. The third kappa shape index (κ3) is 2.77. The van der Waals surface area contributed by atoms with Crippen LogP contribution in [0.25, 0.3) is 11.0 Å². The molecule has 5 nitrogen and oxygen atoms in total. The minimum absolute atomic E-state index is 0.283. The highest BCUT2D eigenvalue weighted by atomic mass is 16.7. The zero-order chi connectivity index (χ0) is 16.5. The van der Waals surface area contributed by atoms with E-state index in [1.165, 1.54) is 16.6 Å². The van der Waals surface area contributed by atoms with Gasteiger partial charge >= 0.3 is 0 Å². The fraction of sp³-hybridized carbons (Fsp3) is 0.316. The van der Waals surface area contributed by atoms with Crippen molar-refractivity contribution < 1.29 is 14.2 Å². The van der Waals surface area contributed by atoms with Crippen molar-refractivity contribution in [3.63, 3.8) is 0 Å². The number of rotatable bonds is 5. The second-order valence-electron chi connectivity index (χ2n) is 6.08. The van der Waals surface area contributed by atoms with Gasteiger partial charge in [0.2, 0.25) is 6.79 Å². The van der Waals surface area contributed by atoms with Crippen LogP contribution in [0.1, 0.15) is 17.5 Å². The van der Waals surface area contributed by atoms with Crippen molar-refractivity contribution in [1.29, 1.82) is 0 Å². The van der Waals surface area contributed by atoms with Crippen LogP contribution in [-0.2, 0) is 6.54 Å². The molecule has 0 atom stereocenters. The lowest BCUT2D eigenvalue weighted by atomic mass is 10.1. The van der Waals surface area contributed by atoms with E-state index in [0.717, 1.165) is 35.7 Å². The molecule has 0 radical (unpaired) electrons. The van der Waals surface area contributed by atoms with Crippen LogP contribution in [0.4, 0.5) is 0 Å². The lowest BCUT2D eigenvalue weighted by molar-refractivity contribution is 0.173. The largest absolute Gasteiger partial charge is 0.493 e. The molecule has 2 aromatic carbocycles. The SMILES string of the molecule is Cc1cc2ncn(CCCOc3ccc4c(c3)OCO4)c2cc1C. The van der Waals surface area contributed by atoms with Crippen LogP contribution < -0.4 is 14.2 Å². The molecule has 0 unspecified atom stereocenters. The number of nitrogens with zero attached hydrogens (tertiary/aromatic N) is 2. The van der Waals surface area contributed by atoms with E-state index in [0.29, 0.717) is 6.61 Å². The highest BCUT2D eigenvalue weighted by molar-refractivity contribution is 5.77. The first kappa shape index (κ1) is 14.9. The van der Waals surface area contributed by atoms with Gasteiger partial charge in [-0.2, -0.15) is 0 Å². The Balaban J connectivity index is 1.37. The summed E-state index contributed by atoms with van der Waals surface area (Å²) < 4.78 is 18.7. The summed E-state index contributed by atoms with van der Waals surface area (Å²) in [6.07, 6.45) is 2.82. The van der Waals surface area contributed by atoms with E-state index in [2.05, 4.69) is 35.5 Å². The van der Waals surface area contributed by atoms with E-state index in [9.17, 15) is 0 Å². The monoisotopic (exact) mass is 324 g/mol. The van der Waals surface area contributed by atoms with E-state index < -0.39 is 0 Å². The predicted molar refractivity (Wildman–Crippen MR) is 91.9 cm³/mol. The van der Waals surface area contributed by atoms with Gasteiger partial charge in [-0.25, -0.2) is 4.98 Å². The van der Waals surface area contributed by atoms with Gasteiger partial charge in [0.05, 0.1) is 24.0 Å². The Bertz CT molecular complexity index is 886. The Morgan fingerprint density at radius 1 is 1.08 bits per heavy atom. The fourth-order valence-corrected chi connectivity index (χ4v) is 2.88. The first-order valence-electron chi connectivity index (χ1n) is 8.15. The van der Waals surface area contributed by atoms with Crippen molar-refractivity contribution >= 4 is 11.0 Å². The first-order valence-corrected chi connectivity index (χ1v) is 8.15. The lowest BCUT2D eigenvalue weighted by Crippen LogP contribution is -2.04. The van der Waals surface area contributed by atoms with Crippen molar-refractivity contribution in [2.75, 3.05) is 13.4 Å². The number of aryl methyl sites for hydroxylation is 3. The molecule has 0 saturated heterocycles. The molecule has 1 aromatic heterocycles. The Hall–Kier alpha value is -2.69. The zero-order valence-corrected chi connectivity index (χ0v) is 13.9. The maximum Gasteiger partial charge on any atom is 0.231 e. The summed E-state index contributed by atoms with van der Waals surface area (Å²) in [7, 11) is 0. The zero-order valence-electron chi connectivity index (χ0n) is 13.9. The van der Waals surface area contributed by atoms with Crippen molar-refractivity contribution in [3.8, 4) is 17.2 Å². The normalized spacial score (nSPS) is 12.8. The molecular weight excluding hydrogens is 304 g/mol. The van der Waals surface area contributed by atoms with E-state index in [1.54, 1.807) is 0 Å². The van der Waals surface area contributed by atoms with Gasteiger partial charge in [-0.1, -0.05) is 0 Å². The van der Waals surface area contributed by atoms with E-state index in [4.69, 9.17) is 14.2 Å². The highest BCUT2D eigenvalue weighted by Gasteiger charge is 2.13. The average molecular weight is 324 g/mol. The number of ether oxygens (including phenoxy) is 3. The fourth-order valence-electron chi connectivity index (χ4n) is 2.88. The second-order valence-corrected chi connectivity index (χ2v) is 6.08. The summed E-state index contributed by atoms with van der Waals surface area (Å²) >= 11 is 0. The Morgan fingerprint density at radius 3 is 2.83 bits per heavy atom. The van der Waals surface area contributed by atoms with Crippen LogP contribution >= 0.6 is 0 Å². The third-order valence-electron chi connectivity index (χ3n) is 4.39. The Kier molecular flexibility index (Phi) is 3.76. The number of fused-ring (bicyclic) bond motifs is 2. The van der Waals surface area contributed by atoms with Gasteiger partial charge in [0.25, 0.3) is 0 Å². The highest BCUT2D eigenvalue weighted by Crippen LogP contribution is 2.35. The molecule has 5 heteroatoms. The molecule has 0 bridgehead atoms. The summed E-state index contributed by atoms with van der Waals surface area (Å²) in [6, 6.07) is 10.0. The maximum absolute atomic E-state index is 5.82. The molecule has 0 N–H and O–H groups in total. The van der Waals surface area contributed by atoms with Crippen LogP contribution in [-0.4, -0.2) is 23.0 Å². The smallest absolute Gasteiger partial charge is 0.231 e. The summed E-state index contributed by atoms with van der Waals surface area (Å²) in [4.78, 5) is 4.49. The second kappa shape index (κ2) is 6.07. The van der Waals surface area contributed by atoms with Crippen LogP contribution in [0.3, 0.4) is 0 Å². The van der Waals surface area contributed by atoms with E-state index in [1.807, 2.05) is 24.5 Å². The molecule has 1 aliphatic heterocycles. The molecule has 0 spiro atoms. The average Bonchev–Trinajstić information content (AvgIpc) is 3.19. The van der Waals surface area contributed by atoms with Gasteiger partial charge in [-0.05, 0) is 55.7 Å². The number of hydrogen-bond acceptors (Lipinski definition) is 4. The minimum atomic E-state index is 0.283. The summed E-state index contributed by atoms with van der Waals surface area (Å²) in [6.45, 7) is 6.06. The summed E-state index contributed by atoms with van der Waals surface area (Å²) in [5.74, 6) is 2.33. The molecule has 0 aliphatic carbocycles. The van der Waals surface area contributed by atoms with Crippen LogP contribution in [0.2, 0.25) is 0 Å². The van der Waals surface area contributed by atoms with E-state index in [-0.39, 0.29) is 6.79 Å². The van der Waals surface area contributed by atoms with Gasteiger partial charge in [-0.3, -0.25) is 0 Å². The molecule has 0 amide bonds. The molecule has 4 rings (SSSR count). The van der Waals surface area contributed by atoms with Gasteiger partial charge in [0.1, 0.15) is 5.75 Å². The van der Waals surface area contributed by atoms with Gasteiger partial charge < -0.3 is 18.8 Å². The Labute approximate surface area is 140 Å². The van der Waals surface area contributed by atoms with Crippen LogP contribution in [0.5, 0.6) is 17.2 Å². The summed E-state index contributed by atoms with van der Waals surface area (Å²) in [5.41, 5.74) is 4.80. The van der Waals surface area contributed by atoms with Crippen molar-refractivity contribution in [3.05, 3.63) is 47.8 Å². The molecule has 0 fully saturated rings. The van der Waals surface area contributed by atoms with Crippen LogP contribution in [0.15, 0.2) is 36.7 Å². The van der Waals surface area contributed by atoms with Crippen LogP contribution in [0, 0.1) is 13.8 Å². The molecule has 1 aliphatic rings. The third-order valence-corrected chi connectivity index (χ3v) is 4.39. The van der Waals surface area contributed by atoms with E-state index >= 15 is 0 Å². The molecule has 124 valence electrons. The maximum atomic E-state index is 5.82. The molecule has 3 aromatic rings. The summed E-state index contributed by atoms with van der Waals surface area (Å²) in [5, 5.41) is 0. The van der Waals surface area contributed by atoms with Gasteiger partial charge in [0, 0.05) is 12.6 Å². The molecular formula is C19H20N2O3. The number of aromatic nitrogens is 2. The van der Waals surface area contributed by atoms with Crippen molar-refractivity contribution in [1.82, 2.24) is 9.55 Å². The standard InChI is InChI=1S/C19H20N2O3/c1-13-8-16-17(9-14(13)2)21(11-20-16)6-3-7-22-15-4-5-18-19(10-15)24-12-23-18/h4-5,8-11H,3,6-7,12H2,1-2H3.